The van der Waals surface area contributed by atoms with E-state index in [1.165, 1.54) is 0 Å². The second-order valence-corrected chi connectivity index (χ2v) is 2.01. The van der Waals surface area contributed by atoms with Crippen molar-refractivity contribution in [3.05, 3.63) is 21.9 Å². The second kappa shape index (κ2) is 2.67. The Morgan fingerprint density at radius 2 is 2.45 bits per heavy atom. The summed E-state index contributed by atoms with van der Waals surface area (Å²) in [6.45, 7) is 0. The highest BCUT2D eigenvalue weighted by Gasteiger charge is 2.19. The molecule has 0 amide bonds. The first kappa shape index (κ1) is 7.67. The van der Waals surface area contributed by atoms with Crippen LogP contribution in [0.3, 0.4) is 0 Å². The van der Waals surface area contributed by atoms with Gasteiger partial charge < -0.3 is 10.1 Å². The van der Waals surface area contributed by atoms with Crippen molar-refractivity contribution in [2.45, 2.75) is 0 Å². The van der Waals surface area contributed by atoms with Crippen LogP contribution in [0.2, 0.25) is 0 Å². The summed E-state index contributed by atoms with van der Waals surface area (Å²) < 4.78 is 0. The van der Waals surface area contributed by atoms with Gasteiger partial charge >= 0.3 is 5.82 Å². The predicted octanol–water partition coefficient (Wildman–Crippen LogP) is 0.697. The lowest BCUT2D eigenvalue weighted by atomic mass is 10.4. The molecule has 1 heterocycles. The third-order valence-corrected chi connectivity index (χ3v) is 1.22. The van der Waals surface area contributed by atoms with Crippen molar-refractivity contribution >= 4 is 22.7 Å². The molecule has 0 saturated carbocycles. The van der Waals surface area contributed by atoms with Gasteiger partial charge in [-0.05, 0) is 16.5 Å². The largest absolute Gasteiger partial charge is 0.358 e. The van der Waals surface area contributed by atoms with Crippen LogP contribution in [0.1, 0.15) is 10.4 Å². The van der Waals surface area contributed by atoms with E-state index in [4.69, 9.17) is 11.6 Å². The molecule has 1 aromatic heterocycles. The Morgan fingerprint density at radius 3 is 2.82 bits per heavy atom. The summed E-state index contributed by atoms with van der Waals surface area (Å²) in [5.41, 5.74) is -0.225. The zero-order chi connectivity index (χ0) is 8.43. The average Bonchev–Trinajstić information content (AvgIpc) is 2.32. The van der Waals surface area contributed by atoms with Crippen molar-refractivity contribution in [2.75, 3.05) is 0 Å². The number of carbonyl (C=O) groups excluding carboxylic acids is 1. The van der Waals surface area contributed by atoms with Crippen LogP contribution in [0, 0.1) is 10.1 Å². The maximum absolute atomic E-state index is 10.4. The average molecular weight is 176 g/mol. The molecular formula is C4H2ClN3O3. The Kier molecular flexibility index (Phi) is 1.86. The fourth-order valence-corrected chi connectivity index (χ4v) is 0.701. The number of nitrogens with one attached hydrogen (secondary N) is 1. The quantitative estimate of drug-likeness (QED) is 0.407. The van der Waals surface area contributed by atoms with E-state index in [0.717, 1.165) is 6.20 Å². The Hall–Kier alpha value is -1.43. The highest BCUT2D eigenvalue weighted by molar-refractivity contribution is 6.68. The molecule has 0 saturated heterocycles. The van der Waals surface area contributed by atoms with Gasteiger partial charge in [0.05, 0.1) is 6.20 Å². The number of aromatic amines is 1. The second-order valence-electron chi connectivity index (χ2n) is 1.66. The minimum atomic E-state index is -0.898. The molecule has 0 spiro atoms. The molecule has 0 aliphatic heterocycles. The summed E-state index contributed by atoms with van der Waals surface area (Å²) in [4.78, 5) is 19.8. The molecule has 1 N–H and O–H groups in total. The lowest BCUT2D eigenvalue weighted by molar-refractivity contribution is -0.389. The van der Waals surface area contributed by atoms with E-state index in [2.05, 4.69) is 5.10 Å². The van der Waals surface area contributed by atoms with Crippen molar-refractivity contribution in [1.82, 2.24) is 10.2 Å². The molecule has 58 valence electrons. The van der Waals surface area contributed by atoms with Gasteiger partial charge in [0.2, 0.25) is 0 Å². The number of hydrogen-bond acceptors (Lipinski definition) is 4. The number of halogens is 1. The van der Waals surface area contributed by atoms with Gasteiger partial charge in [-0.2, -0.15) is 0 Å². The minimum Gasteiger partial charge on any atom is -0.358 e. The molecule has 0 aliphatic carbocycles. The molecule has 0 aromatic carbocycles. The highest BCUT2D eigenvalue weighted by Crippen LogP contribution is 2.15. The van der Waals surface area contributed by atoms with Crippen LogP contribution in [0.15, 0.2) is 6.20 Å². The van der Waals surface area contributed by atoms with Gasteiger partial charge in [0.15, 0.2) is 5.56 Å². The van der Waals surface area contributed by atoms with Crippen LogP contribution in [0.4, 0.5) is 5.82 Å². The van der Waals surface area contributed by atoms with Crippen LogP contribution in [0.25, 0.3) is 0 Å². The molecule has 0 fully saturated rings. The van der Waals surface area contributed by atoms with Crippen molar-refractivity contribution in [3.8, 4) is 0 Å². The molecule has 6 nitrogen and oxygen atoms in total. The molecule has 0 unspecified atom stereocenters. The van der Waals surface area contributed by atoms with Crippen molar-refractivity contribution in [3.63, 3.8) is 0 Å². The van der Waals surface area contributed by atoms with Crippen LogP contribution in [-0.4, -0.2) is 20.4 Å². The maximum atomic E-state index is 10.4. The van der Waals surface area contributed by atoms with Crippen molar-refractivity contribution in [1.29, 1.82) is 0 Å². The summed E-state index contributed by atoms with van der Waals surface area (Å²) in [5, 5.41) is 14.5. The molecule has 0 aliphatic rings. The van der Waals surface area contributed by atoms with Crippen LogP contribution >= 0.6 is 11.6 Å². The summed E-state index contributed by atoms with van der Waals surface area (Å²) >= 11 is 4.99. The van der Waals surface area contributed by atoms with E-state index in [9.17, 15) is 14.9 Å². The number of aromatic nitrogens is 2. The van der Waals surface area contributed by atoms with Crippen molar-refractivity contribution in [2.24, 2.45) is 0 Å². The van der Waals surface area contributed by atoms with E-state index in [1.54, 1.807) is 0 Å². The Balaban J connectivity index is 3.16. The fraction of sp³-hybridized carbons (Fsp3) is 0. The molecule has 0 radical (unpaired) electrons. The first-order valence-corrected chi connectivity index (χ1v) is 2.88. The molecule has 0 atom stereocenters. The number of hydrogen-bond donors (Lipinski definition) is 1. The monoisotopic (exact) mass is 175 g/mol. The molecule has 1 rings (SSSR count). The van der Waals surface area contributed by atoms with Gasteiger partial charge in [0.25, 0.3) is 5.24 Å². The Bertz CT molecular complexity index is 279. The lowest BCUT2D eigenvalue weighted by Gasteiger charge is -1.89. The Labute approximate surface area is 65.3 Å². The predicted molar refractivity (Wildman–Crippen MR) is 35.4 cm³/mol. The lowest BCUT2D eigenvalue weighted by Crippen LogP contribution is -1.95. The SMILES string of the molecule is O=C(Cl)c1cn[nH]c1[N+](=O)[O-]. The third kappa shape index (κ3) is 1.35. The fourth-order valence-electron chi connectivity index (χ4n) is 0.562. The van der Waals surface area contributed by atoms with Gasteiger partial charge in [-0.15, -0.1) is 5.10 Å². The van der Waals surface area contributed by atoms with Crippen LogP contribution < -0.4 is 0 Å². The van der Waals surface area contributed by atoms with Gasteiger partial charge in [0.1, 0.15) is 0 Å². The zero-order valence-corrected chi connectivity index (χ0v) is 5.83. The summed E-state index contributed by atoms with van der Waals surface area (Å²) in [5.74, 6) is -0.481. The summed E-state index contributed by atoms with van der Waals surface area (Å²) in [6, 6.07) is 0. The first-order chi connectivity index (χ1) is 5.13. The molecular weight excluding hydrogens is 174 g/mol. The van der Waals surface area contributed by atoms with E-state index in [-0.39, 0.29) is 5.56 Å². The van der Waals surface area contributed by atoms with E-state index in [0.29, 0.717) is 0 Å². The molecule has 0 bridgehead atoms. The van der Waals surface area contributed by atoms with Gasteiger partial charge in [-0.3, -0.25) is 4.79 Å². The van der Waals surface area contributed by atoms with Gasteiger partial charge in [-0.25, -0.2) is 0 Å². The van der Waals surface area contributed by atoms with Crippen molar-refractivity contribution < 1.29 is 9.72 Å². The number of H-pyrrole nitrogens is 1. The molecule has 7 heteroatoms. The number of nitrogens with zero attached hydrogens (tertiary/aromatic N) is 2. The summed E-state index contributed by atoms with van der Waals surface area (Å²) in [6.07, 6.45) is 1.01. The highest BCUT2D eigenvalue weighted by atomic mass is 35.5. The van der Waals surface area contributed by atoms with Gasteiger partial charge in [0, 0.05) is 0 Å². The van der Waals surface area contributed by atoms with E-state index in [1.807, 2.05) is 5.10 Å². The Morgan fingerprint density at radius 1 is 1.82 bits per heavy atom. The first-order valence-electron chi connectivity index (χ1n) is 2.50. The number of nitro groups is 1. The van der Waals surface area contributed by atoms with E-state index >= 15 is 0 Å². The number of rotatable bonds is 2. The van der Waals surface area contributed by atoms with Crippen LogP contribution in [0.5, 0.6) is 0 Å². The normalized spacial score (nSPS) is 9.55. The molecule has 11 heavy (non-hydrogen) atoms. The topological polar surface area (TPSA) is 88.9 Å². The zero-order valence-electron chi connectivity index (χ0n) is 5.07. The summed E-state index contributed by atoms with van der Waals surface area (Å²) in [7, 11) is 0. The standard InChI is InChI=1S/C4H2ClN3O3/c5-3(9)2-1-6-7-4(2)8(10)11/h1H,(H,6,7). The van der Waals surface area contributed by atoms with Crippen LogP contribution in [-0.2, 0) is 0 Å². The smallest absolute Gasteiger partial charge is 0.354 e. The van der Waals surface area contributed by atoms with Gasteiger partial charge in [-0.1, -0.05) is 5.10 Å². The minimum absolute atomic E-state index is 0.225. The van der Waals surface area contributed by atoms with E-state index < -0.39 is 16.0 Å². The molecule has 1 aromatic rings. The third-order valence-electron chi connectivity index (χ3n) is 1.01. The number of carbonyl (C=O) groups is 1. The maximum Gasteiger partial charge on any atom is 0.354 e.